The molecule has 104 heavy (non-hydrogen) atoms. The van der Waals surface area contributed by atoms with Gasteiger partial charge in [0.2, 0.25) is 23.6 Å². The predicted molar refractivity (Wildman–Crippen MR) is 392 cm³/mol. The number of carbonyl (C=O) groups excluding carboxylic acids is 9. The highest BCUT2D eigenvalue weighted by atomic mass is 16.6. The highest BCUT2D eigenvalue weighted by Gasteiger charge is 2.44. The number of carboxylic acid groups (broad SMARTS) is 1. The van der Waals surface area contributed by atoms with E-state index in [1.54, 1.807) is 75.7 Å². The van der Waals surface area contributed by atoms with Gasteiger partial charge in [-0.15, -0.1) is 0 Å². The second kappa shape index (κ2) is 50.5. The van der Waals surface area contributed by atoms with Crippen molar-refractivity contribution in [3.63, 3.8) is 0 Å². The number of likely N-dealkylation sites (tertiary alicyclic amines) is 1. The normalized spacial score (nSPS) is 16.0. The molecule has 0 spiro atoms. The van der Waals surface area contributed by atoms with Crippen LogP contribution in [0.15, 0.2) is 54.6 Å². The van der Waals surface area contributed by atoms with Crippen LogP contribution in [0.25, 0.3) is 0 Å². The molecule has 28 nitrogen and oxygen atoms in total. The number of hydrogen-bond donors (Lipinski definition) is 6. The van der Waals surface area contributed by atoms with Gasteiger partial charge in [-0.3, -0.25) is 38.4 Å². The highest BCUT2D eigenvalue weighted by Crippen LogP contribution is 2.33. The Morgan fingerprint density at radius 1 is 0.644 bits per heavy atom. The molecule has 588 valence electrons. The number of nitrogens with zero attached hydrogens (tertiary/aromatic N) is 3. The summed E-state index contributed by atoms with van der Waals surface area (Å²) in [5.74, 6) is -8.03. The van der Waals surface area contributed by atoms with E-state index in [-0.39, 0.29) is 125 Å². The Kier molecular flexibility index (Phi) is 44.3. The number of likely N-dealkylation sites (N-methyl/N-ethyl adjacent to an activating group) is 2. The SMILES string of the molecule is CC[C@H](C)[C@@H]([C@@H](CC(=O)N1CCC[C@H]1[C@H](OC)[C@@H](C)C(=O)C[C@@H](Cc1ccccc1)C(=O)O)OC)N(C)C(=O)[C@@H](CC(=O)[C@H](C(C)C)N(C)C(=O)OCc1ccc(NC(=O)[C@H](CCCNC(N)=O)CC(=O)[C@@H](NC(=O)CCOCCOCCOCCOCCOCCOCCN)C(C)C)cc1)C(C)C. The van der Waals surface area contributed by atoms with E-state index in [0.717, 1.165) is 5.56 Å². The summed E-state index contributed by atoms with van der Waals surface area (Å²) in [4.78, 5) is 141. The van der Waals surface area contributed by atoms with Crippen LogP contribution in [0.2, 0.25) is 0 Å². The largest absolute Gasteiger partial charge is 0.481 e. The molecular formula is C76H124N8O20. The van der Waals surface area contributed by atoms with Gasteiger partial charge >= 0.3 is 18.1 Å². The molecule has 0 bridgehead atoms. The molecule has 2 aromatic rings. The van der Waals surface area contributed by atoms with Crippen LogP contribution in [0, 0.1) is 47.3 Å². The lowest BCUT2D eigenvalue weighted by atomic mass is 9.83. The molecule has 1 aliphatic rings. The molecule has 2 aromatic carbocycles. The molecule has 0 radical (unpaired) electrons. The fourth-order valence-corrected chi connectivity index (χ4v) is 13.0. The number of ether oxygens (including phenoxy) is 9. The molecule has 1 aliphatic heterocycles. The van der Waals surface area contributed by atoms with Crippen LogP contribution in [-0.4, -0.2) is 242 Å². The lowest BCUT2D eigenvalue weighted by molar-refractivity contribution is -0.149. The third-order valence-electron chi connectivity index (χ3n) is 19.0. The quantitative estimate of drug-likeness (QED) is 0.0367. The summed E-state index contributed by atoms with van der Waals surface area (Å²) in [6, 6.07) is 12.0. The van der Waals surface area contributed by atoms with Gasteiger partial charge in [0.1, 0.15) is 12.4 Å². The van der Waals surface area contributed by atoms with Crippen LogP contribution in [0.3, 0.4) is 0 Å². The smallest absolute Gasteiger partial charge is 0.410 e. The van der Waals surface area contributed by atoms with Gasteiger partial charge in [0.15, 0.2) is 11.6 Å². The number of aliphatic carboxylic acids is 1. The zero-order chi connectivity index (χ0) is 77.3. The number of methoxy groups -OCH3 is 2. The third-order valence-corrected chi connectivity index (χ3v) is 19.0. The minimum atomic E-state index is -1.07. The number of amides is 7. The van der Waals surface area contributed by atoms with Gasteiger partial charge < -0.3 is 89.9 Å². The first-order valence-electron chi connectivity index (χ1n) is 36.9. The van der Waals surface area contributed by atoms with Gasteiger partial charge in [-0.1, -0.05) is 111 Å². The maximum Gasteiger partial charge on any atom is 0.410 e. The summed E-state index contributed by atoms with van der Waals surface area (Å²) in [7, 11) is 6.13. The molecule has 28 heteroatoms. The molecule has 1 fully saturated rings. The van der Waals surface area contributed by atoms with Gasteiger partial charge in [-0.2, -0.15) is 0 Å². The third kappa shape index (κ3) is 32.8. The lowest BCUT2D eigenvalue weighted by Crippen LogP contribution is -2.54. The van der Waals surface area contributed by atoms with Crippen LogP contribution in [0.4, 0.5) is 15.3 Å². The summed E-state index contributed by atoms with van der Waals surface area (Å²) in [6.45, 7) is 21.9. The number of nitrogens with one attached hydrogen (secondary N) is 3. The van der Waals surface area contributed by atoms with E-state index in [1.165, 1.54) is 26.2 Å². The number of carboxylic acids is 1. The Morgan fingerprint density at radius 2 is 1.21 bits per heavy atom. The zero-order valence-electron chi connectivity index (χ0n) is 64.1. The average Bonchev–Trinajstić information content (AvgIpc) is 1.25. The second-order valence-corrected chi connectivity index (χ2v) is 27.8. The zero-order valence-corrected chi connectivity index (χ0v) is 64.1. The molecule has 3 rings (SSSR count). The van der Waals surface area contributed by atoms with Crippen molar-refractivity contribution in [3.8, 4) is 0 Å². The number of primary amides is 1. The van der Waals surface area contributed by atoms with Crippen molar-refractivity contribution >= 4 is 64.8 Å². The summed E-state index contributed by atoms with van der Waals surface area (Å²) >= 11 is 0. The van der Waals surface area contributed by atoms with Crippen molar-refractivity contribution in [1.29, 1.82) is 0 Å². The summed E-state index contributed by atoms with van der Waals surface area (Å²) in [6.07, 6.45) is -0.441. The van der Waals surface area contributed by atoms with Crippen LogP contribution >= 0.6 is 0 Å². The van der Waals surface area contributed by atoms with Gasteiger partial charge in [-0.05, 0) is 79.0 Å². The number of benzene rings is 2. The maximum atomic E-state index is 14.9. The van der Waals surface area contributed by atoms with E-state index >= 15 is 0 Å². The summed E-state index contributed by atoms with van der Waals surface area (Å²) in [5, 5.41) is 18.3. The lowest BCUT2D eigenvalue weighted by Gasteiger charge is -2.41. The molecule has 0 saturated carbocycles. The second-order valence-electron chi connectivity index (χ2n) is 27.8. The van der Waals surface area contributed by atoms with E-state index in [9.17, 15) is 53.1 Å². The number of ketones is 3. The molecule has 1 heterocycles. The van der Waals surface area contributed by atoms with Crippen LogP contribution in [0.1, 0.15) is 138 Å². The first-order valence-corrected chi connectivity index (χ1v) is 36.9. The number of hydrogen-bond acceptors (Lipinski definition) is 20. The Labute approximate surface area is 616 Å². The van der Waals surface area contributed by atoms with Gasteiger partial charge in [0, 0.05) is 97.1 Å². The standard InChI is InChI=1S/C76H124N8O20/c1-14-53(8)70(65(96-12)48-67(89)84-31-19-23-61(84)71(97-13)54(9)62(85)46-58(74(92)93)44-55-20-16-15-17-21-55)82(10)73(91)60(50(2)3)47-64(87)69(52(6)7)83(11)76(95)104-49-56-24-26-59(27-25-56)80-72(90)57(22-18-30-79-75(78)94)45-63(86)68(51(4)5)81-66(88)28-32-98-34-36-100-38-40-102-42-43-103-41-39-101-37-35-99-33-29-77/h15-17,20-21,24-27,50-54,57-58,60-61,65,68-71H,14,18-19,22-23,28-49,77H2,1-13H3,(H,80,90)(H,81,88)(H,92,93)(H3,78,79,94)/t53-,54-,57+,58+,60-,61-,65+,68-,69-,70-,71+/m0/s1. The van der Waals surface area contributed by atoms with Gasteiger partial charge in [0.05, 0.1) is 128 Å². The van der Waals surface area contributed by atoms with Crippen molar-refractivity contribution in [2.24, 2.45) is 58.8 Å². The molecular weight excluding hydrogens is 1340 g/mol. The molecule has 0 unspecified atom stereocenters. The minimum absolute atomic E-state index is 0.0159. The maximum absolute atomic E-state index is 14.9. The van der Waals surface area contributed by atoms with E-state index < -0.39 is 95.9 Å². The number of anilines is 1. The predicted octanol–water partition coefficient (Wildman–Crippen LogP) is 6.89. The molecule has 7 amide bonds. The number of carbonyl (C=O) groups is 10. The van der Waals surface area contributed by atoms with Crippen molar-refractivity contribution in [1.82, 2.24) is 25.3 Å². The van der Waals surface area contributed by atoms with Crippen molar-refractivity contribution < 1.29 is 95.7 Å². The summed E-state index contributed by atoms with van der Waals surface area (Å²) in [5.41, 5.74) is 12.4. The highest BCUT2D eigenvalue weighted by molar-refractivity contribution is 5.97. The topological polar surface area (TPSA) is 372 Å². The van der Waals surface area contributed by atoms with Gasteiger partial charge in [0.25, 0.3) is 0 Å². The first kappa shape index (κ1) is 91.2. The fourth-order valence-electron chi connectivity index (χ4n) is 13.0. The molecule has 1 saturated heterocycles. The number of rotatable bonds is 56. The van der Waals surface area contributed by atoms with Crippen molar-refractivity contribution in [3.05, 3.63) is 65.7 Å². The molecule has 0 aromatic heterocycles. The van der Waals surface area contributed by atoms with Gasteiger partial charge in [-0.25, -0.2) is 9.59 Å². The van der Waals surface area contributed by atoms with Crippen LogP contribution in [0.5, 0.6) is 0 Å². The monoisotopic (exact) mass is 1470 g/mol. The van der Waals surface area contributed by atoms with Crippen molar-refractivity contribution in [2.75, 3.05) is 133 Å². The average molecular weight is 1470 g/mol. The van der Waals surface area contributed by atoms with Crippen LogP contribution in [-0.2, 0) is 94.0 Å². The number of Topliss-reactive ketones (excluding diaryl/α,β-unsaturated/α-hetero) is 3. The number of urea groups is 1. The molecule has 0 aliphatic carbocycles. The van der Waals surface area contributed by atoms with Crippen molar-refractivity contribution in [2.45, 2.75) is 176 Å². The Bertz CT molecular complexity index is 2890. The van der Waals surface area contributed by atoms with E-state index in [4.69, 9.17) is 54.1 Å². The van der Waals surface area contributed by atoms with Crippen LogP contribution < -0.4 is 27.4 Å². The summed E-state index contributed by atoms with van der Waals surface area (Å²) < 4.78 is 50.6. The molecule has 11 atom stereocenters. The van der Waals surface area contributed by atoms with E-state index in [0.29, 0.717) is 109 Å². The minimum Gasteiger partial charge on any atom is -0.481 e. The Hall–Kier alpha value is -7.02. The number of nitrogens with two attached hydrogens (primary N) is 2. The fraction of sp³-hybridized carbons (Fsp3) is 0.711. The Morgan fingerprint density at radius 3 is 1.72 bits per heavy atom. The molecule has 8 N–H and O–H groups in total. The van der Waals surface area contributed by atoms with E-state index in [2.05, 4.69) is 16.0 Å². The van der Waals surface area contributed by atoms with E-state index in [1.807, 2.05) is 58.0 Å². The Balaban J connectivity index is 1.59. The first-order chi connectivity index (χ1) is 49.6.